The number of rotatable bonds is 6. The molecule has 0 spiro atoms. The van der Waals surface area contributed by atoms with Gasteiger partial charge in [-0.1, -0.05) is 34.6 Å². The zero-order valence-corrected chi connectivity index (χ0v) is 14.1. The van der Waals surface area contributed by atoms with Gasteiger partial charge in [-0.25, -0.2) is 9.97 Å². The Hall–Kier alpha value is -1.32. The maximum atomic E-state index is 4.74. The topological polar surface area (TPSA) is 41.0 Å². The van der Waals surface area contributed by atoms with Crippen LogP contribution >= 0.6 is 0 Å². The molecule has 4 nitrogen and oxygen atoms in total. The summed E-state index contributed by atoms with van der Waals surface area (Å²) in [5.41, 5.74) is -0.0426. The van der Waals surface area contributed by atoms with E-state index in [4.69, 9.17) is 4.98 Å². The standard InChI is InChI=1S/C16H30N4/c1-8-17-13-11-14(20(7)10-9-12(2)3)19-15(18-13)16(4,5)6/h11-12H,8-10H2,1-7H3,(H,17,18,19). The van der Waals surface area contributed by atoms with Crippen LogP contribution in [0.3, 0.4) is 0 Å². The minimum atomic E-state index is -0.0426. The molecule has 0 aliphatic rings. The van der Waals surface area contributed by atoms with Crippen molar-refractivity contribution < 1.29 is 0 Å². The molecule has 0 fully saturated rings. The molecule has 1 aromatic heterocycles. The molecule has 1 aromatic rings. The zero-order valence-electron chi connectivity index (χ0n) is 14.1. The van der Waals surface area contributed by atoms with Gasteiger partial charge in [-0.05, 0) is 19.3 Å². The van der Waals surface area contributed by atoms with Crippen molar-refractivity contribution >= 4 is 11.6 Å². The van der Waals surface area contributed by atoms with E-state index in [0.29, 0.717) is 5.92 Å². The Bertz CT molecular complexity index is 421. The summed E-state index contributed by atoms with van der Waals surface area (Å²) in [6, 6.07) is 2.04. The van der Waals surface area contributed by atoms with Gasteiger partial charge in [0.15, 0.2) is 0 Å². The maximum absolute atomic E-state index is 4.74. The molecule has 1 N–H and O–H groups in total. The molecule has 1 heterocycles. The minimum absolute atomic E-state index is 0.0426. The molecular weight excluding hydrogens is 248 g/mol. The van der Waals surface area contributed by atoms with Crippen LogP contribution in [0.2, 0.25) is 0 Å². The molecule has 0 unspecified atom stereocenters. The summed E-state index contributed by atoms with van der Waals surface area (Å²) in [7, 11) is 2.10. The third kappa shape index (κ3) is 4.99. The van der Waals surface area contributed by atoms with Crippen molar-refractivity contribution in [3.05, 3.63) is 11.9 Å². The van der Waals surface area contributed by atoms with Gasteiger partial charge in [-0.3, -0.25) is 0 Å². The van der Waals surface area contributed by atoms with Crippen LogP contribution in [-0.4, -0.2) is 30.1 Å². The van der Waals surface area contributed by atoms with Crippen LogP contribution in [0.4, 0.5) is 11.6 Å². The molecule has 1 rings (SSSR count). The summed E-state index contributed by atoms with van der Waals surface area (Å²) in [6.45, 7) is 14.9. The summed E-state index contributed by atoms with van der Waals surface area (Å²) in [4.78, 5) is 11.6. The third-order valence-corrected chi connectivity index (χ3v) is 3.17. The second-order valence-electron chi connectivity index (χ2n) is 6.82. The monoisotopic (exact) mass is 278 g/mol. The van der Waals surface area contributed by atoms with E-state index >= 15 is 0 Å². The van der Waals surface area contributed by atoms with Crippen LogP contribution < -0.4 is 10.2 Å². The average Bonchev–Trinajstić information content (AvgIpc) is 2.34. The molecule has 0 bridgehead atoms. The quantitative estimate of drug-likeness (QED) is 0.861. The first-order valence-electron chi connectivity index (χ1n) is 7.58. The predicted octanol–water partition coefficient (Wildman–Crippen LogP) is 3.69. The van der Waals surface area contributed by atoms with Gasteiger partial charge in [-0.15, -0.1) is 0 Å². The Labute approximate surface area is 124 Å². The smallest absolute Gasteiger partial charge is 0.138 e. The Kier molecular flexibility index (Phi) is 5.78. The molecule has 0 aromatic carbocycles. The number of hydrogen-bond donors (Lipinski definition) is 1. The normalized spacial score (nSPS) is 11.8. The first kappa shape index (κ1) is 16.7. The average molecular weight is 278 g/mol. The van der Waals surface area contributed by atoms with Gasteiger partial charge in [0.2, 0.25) is 0 Å². The number of nitrogens with zero attached hydrogens (tertiary/aromatic N) is 3. The minimum Gasteiger partial charge on any atom is -0.370 e. The molecule has 4 heteroatoms. The number of hydrogen-bond acceptors (Lipinski definition) is 4. The van der Waals surface area contributed by atoms with Crippen molar-refractivity contribution in [2.45, 2.75) is 53.4 Å². The van der Waals surface area contributed by atoms with Gasteiger partial charge in [0.1, 0.15) is 17.5 Å². The SMILES string of the molecule is CCNc1cc(N(C)CCC(C)C)nc(C(C)(C)C)n1. The van der Waals surface area contributed by atoms with E-state index in [-0.39, 0.29) is 5.41 Å². The van der Waals surface area contributed by atoms with E-state index in [1.165, 1.54) is 6.42 Å². The fourth-order valence-corrected chi connectivity index (χ4v) is 1.80. The summed E-state index contributed by atoms with van der Waals surface area (Å²) < 4.78 is 0. The van der Waals surface area contributed by atoms with Crippen molar-refractivity contribution in [3.63, 3.8) is 0 Å². The fourth-order valence-electron chi connectivity index (χ4n) is 1.80. The number of aromatic nitrogens is 2. The second-order valence-corrected chi connectivity index (χ2v) is 6.82. The maximum Gasteiger partial charge on any atom is 0.138 e. The molecule has 0 aliphatic heterocycles. The van der Waals surface area contributed by atoms with Crippen molar-refractivity contribution in [1.29, 1.82) is 0 Å². The van der Waals surface area contributed by atoms with Crippen molar-refractivity contribution in [1.82, 2.24) is 9.97 Å². The lowest BCUT2D eigenvalue weighted by atomic mass is 9.96. The van der Waals surface area contributed by atoms with Crippen LogP contribution in [0.15, 0.2) is 6.07 Å². The summed E-state index contributed by atoms with van der Waals surface area (Å²) >= 11 is 0. The van der Waals surface area contributed by atoms with E-state index in [1.807, 2.05) is 6.07 Å². The molecule has 20 heavy (non-hydrogen) atoms. The van der Waals surface area contributed by atoms with E-state index in [9.17, 15) is 0 Å². The lowest BCUT2D eigenvalue weighted by molar-refractivity contribution is 0.542. The Morgan fingerprint density at radius 2 is 1.90 bits per heavy atom. The first-order valence-corrected chi connectivity index (χ1v) is 7.58. The lowest BCUT2D eigenvalue weighted by Gasteiger charge is -2.24. The molecular formula is C16H30N4. The number of anilines is 2. The van der Waals surface area contributed by atoms with Gasteiger partial charge in [0.05, 0.1) is 0 Å². The fraction of sp³-hybridized carbons (Fsp3) is 0.750. The summed E-state index contributed by atoms with van der Waals surface area (Å²) in [5.74, 6) is 3.51. The van der Waals surface area contributed by atoms with E-state index < -0.39 is 0 Å². The van der Waals surface area contributed by atoms with Gasteiger partial charge in [0.25, 0.3) is 0 Å². The lowest BCUT2D eigenvalue weighted by Crippen LogP contribution is -2.24. The highest BCUT2D eigenvalue weighted by atomic mass is 15.2. The Morgan fingerprint density at radius 3 is 2.40 bits per heavy atom. The van der Waals surface area contributed by atoms with Crippen LogP contribution in [0.5, 0.6) is 0 Å². The Morgan fingerprint density at radius 1 is 1.25 bits per heavy atom. The van der Waals surface area contributed by atoms with Crippen LogP contribution in [0, 0.1) is 5.92 Å². The number of nitrogens with one attached hydrogen (secondary N) is 1. The molecule has 0 saturated heterocycles. The summed E-state index contributed by atoms with van der Waals surface area (Å²) in [5, 5.41) is 3.30. The van der Waals surface area contributed by atoms with Crippen LogP contribution in [0.25, 0.3) is 0 Å². The second kappa shape index (κ2) is 6.91. The molecule has 0 atom stereocenters. The highest BCUT2D eigenvalue weighted by Crippen LogP contribution is 2.24. The van der Waals surface area contributed by atoms with Crippen LogP contribution in [-0.2, 0) is 5.41 Å². The highest BCUT2D eigenvalue weighted by Gasteiger charge is 2.20. The highest BCUT2D eigenvalue weighted by molar-refractivity contribution is 5.49. The molecule has 0 radical (unpaired) electrons. The zero-order chi connectivity index (χ0) is 15.3. The van der Waals surface area contributed by atoms with Gasteiger partial charge in [0, 0.05) is 31.6 Å². The molecule has 0 saturated carbocycles. The van der Waals surface area contributed by atoms with Crippen molar-refractivity contribution in [2.75, 3.05) is 30.4 Å². The van der Waals surface area contributed by atoms with E-state index in [1.54, 1.807) is 0 Å². The van der Waals surface area contributed by atoms with Gasteiger partial charge >= 0.3 is 0 Å². The largest absolute Gasteiger partial charge is 0.370 e. The van der Waals surface area contributed by atoms with E-state index in [2.05, 4.69) is 63.8 Å². The van der Waals surface area contributed by atoms with Gasteiger partial charge in [-0.2, -0.15) is 0 Å². The van der Waals surface area contributed by atoms with Gasteiger partial charge < -0.3 is 10.2 Å². The predicted molar refractivity (Wildman–Crippen MR) is 87.6 cm³/mol. The molecule has 114 valence electrons. The van der Waals surface area contributed by atoms with Crippen molar-refractivity contribution in [3.8, 4) is 0 Å². The third-order valence-electron chi connectivity index (χ3n) is 3.17. The molecule has 0 aliphatic carbocycles. The first-order chi connectivity index (χ1) is 9.24. The Balaban J connectivity index is 3.02. The van der Waals surface area contributed by atoms with Crippen LogP contribution in [0.1, 0.15) is 53.8 Å². The van der Waals surface area contributed by atoms with E-state index in [0.717, 1.165) is 30.5 Å². The molecule has 0 amide bonds. The summed E-state index contributed by atoms with van der Waals surface area (Å²) in [6.07, 6.45) is 1.17. The van der Waals surface area contributed by atoms with Crippen molar-refractivity contribution in [2.24, 2.45) is 5.92 Å².